The number of hydrogen-bond acceptors (Lipinski definition) is 7. The first-order chi connectivity index (χ1) is 15.8. The largest absolute Gasteiger partial charge is 0.496 e. The van der Waals surface area contributed by atoms with E-state index in [1.807, 2.05) is 5.32 Å². The van der Waals surface area contributed by atoms with Crippen molar-refractivity contribution in [3.63, 3.8) is 0 Å². The van der Waals surface area contributed by atoms with Crippen molar-refractivity contribution in [3.05, 3.63) is 81.9 Å². The zero-order valence-electron chi connectivity index (χ0n) is 16.9. The number of carbonyl (C=O) groups excluding carboxylic acids is 3. The lowest BCUT2D eigenvalue weighted by Crippen LogP contribution is -2.54. The van der Waals surface area contributed by atoms with Gasteiger partial charge < -0.3 is 9.15 Å². The standard InChI is InChI=1S/C22H14FN3O7/c1-32-18-8-6-14(26(30)31)10-16(18)19-9-7-15(33-19)11-17-20(27)24-22(29)25(21(17)28)13-4-2-12(23)3-5-13/h2-11H,1H3,(H,24,27,29)/b17-11+. The van der Waals surface area contributed by atoms with Crippen molar-refractivity contribution in [2.24, 2.45) is 0 Å². The van der Waals surface area contributed by atoms with Crippen LogP contribution in [-0.2, 0) is 9.59 Å². The third-order valence-corrected chi connectivity index (χ3v) is 4.76. The van der Waals surface area contributed by atoms with Gasteiger partial charge in [-0.15, -0.1) is 0 Å². The molecule has 0 radical (unpaired) electrons. The van der Waals surface area contributed by atoms with E-state index in [4.69, 9.17) is 9.15 Å². The summed E-state index contributed by atoms with van der Waals surface area (Å²) in [6.07, 6.45) is 1.13. The molecule has 1 aliphatic heterocycles. The Morgan fingerprint density at radius 1 is 1.09 bits per heavy atom. The van der Waals surface area contributed by atoms with E-state index in [0.717, 1.165) is 18.2 Å². The summed E-state index contributed by atoms with van der Waals surface area (Å²) >= 11 is 0. The zero-order valence-corrected chi connectivity index (χ0v) is 16.9. The summed E-state index contributed by atoms with van der Waals surface area (Å²) in [7, 11) is 1.39. The minimum Gasteiger partial charge on any atom is -0.496 e. The second-order valence-corrected chi connectivity index (χ2v) is 6.78. The fraction of sp³-hybridized carbons (Fsp3) is 0.0455. The number of methoxy groups -OCH3 is 1. The quantitative estimate of drug-likeness (QED) is 0.271. The summed E-state index contributed by atoms with van der Waals surface area (Å²) in [4.78, 5) is 48.6. The van der Waals surface area contributed by atoms with E-state index in [9.17, 15) is 28.9 Å². The lowest BCUT2D eigenvalue weighted by atomic mass is 10.1. The van der Waals surface area contributed by atoms with Crippen molar-refractivity contribution >= 4 is 35.3 Å². The number of hydrogen-bond donors (Lipinski definition) is 1. The number of rotatable bonds is 5. The summed E-state index contributed by atoms with van der Waals surface area (Å²) in [6.45, 7) is 0. The highest BCUT2D eigenvalue weighted by atomic mass is 19.1. The Labute approximate surface area is 185 Å². The molecule has 1 aromatic heterocycles. The molecule has 2 heterocycles. The summed E-state index contributed by atoms with van der Waals surface area (Å²) in [5.41, 5.74) is -0.221. The van der Waals surface area contributed by atoms with E-state index in [1.54, 1.807) is 0 Å². The van der Waals surface area contributed by atoms with Crippen molar-refractivity contribution in [1.82, 2.24) is 5.32 Å². The molecule has 0 aliphatic carbocycles. The minimum atomic E-state index is -0.977. The van der Waals surface area contributed by atoms with E-state index in [2.05, 4.69) is 0 Å². The summed E-state index contributed by atoms with van der Waals surface area (Å²) in [5.74, 6) is -1.85. The highest BCUT2D eigenvalue weighted by Crippen LogP contribution is 2.35. The van der Waals surface area contributed by atoms with Gasteiger partial charge in [0.1, 0.15) is 28.7 Å². The second kappa shape index (κ2) is 8.38. The van der Waals surface area contributed by atoms with Crippen LogP contribution in [0.4, 0.5) is 20.6 Å². The molecule has 1 N–H and O–H groups in total. The van der Waals surface area contributed by atoms with Crippen LogP contribution in [-0.4, -0.2) is 29.9 Å². The molecule has 0 spiro atoms. The number of anilines is 1. The van der Waals surface area contributed by atoms with Gasteiger partial charge in [0.25, 0.3) is 17.5 Å². The molecule has 2 aromatic carbocycles. The van der Waals surface area contributed by atoms with Crippen molar-refractivity contribution in [1.29, 1.82) is 0 Å². The van der Waals surface area contributed by atoms with Crippen LogP contribution in [0.25, 0.3) is 17.4 Å². The molecule has 0 atom stereocenters. The van der Waals surface area contributed by atoms with E-state index in [0.29, 0.717) is 16.2 Å². The maximum absolute atomic E-state index is 13.2. The molecule has 0 unspecified atom stereocenters. The number of imide groups is 2. The molecular weight excluding hydrogens is 437 g/mol. The lowest BCUT2D eigenvalue weighted by molar-refractivity contribution is -0.384. The Hall–Kier alpha value is -4.80. The van der Waals surface area contributed by atoms with Crippen LogP contribution in [0, 0.1) is 15.9 Å². The molecule has 11 heteroatoms. The predicted octanol–water partition coefficient (Wildman–Crippen LogP) is 3.67. The van der Waals surface area contributed by atoms with Crippen molar-refractivity contribution in [3.8, 4) is 17.1 Å². The van der Waals surface area contributed by atoms with Crippen LogP contribution in [0.15, 0.2) is 64.6 Å². The number of carbonyl (C=O) groups is 3. The smallest absolute Gasteiger partial charge is 0.335 e. The first kappa shape index (κ1) is 21.4. The first-order valence-electron chi connectivity index (χ1n) is 9.38. The monoisotopic (exact) mass is 451 g/mol. The third-order valence-electron chi connectivity index (χ3n) is 4.76. The molecule has 4 rings (SSSR count). The number of urea groups is 1. The molecule has 3 aromatic rings. The maximum Gasteiger partial charge on any atom is 0.335 e. The van der Waals surface area contributed by atoms with Gasteiger partial charge in [0.05, 0.1) is 23.3 Å². The zero-order chi connectivity index (χ0) is 23.7. The number of nitrogens with one attached hydrogen (secondary N) is 1. The van der Waals surface area contributed by atoms with Crippen LogP contribution in [0.2, 0.25) is 0 Å². The normalized spacial score (nSPS) is 15.0. The first-order valence-corrected chi connectivity index (χ1v) is 9.38. The van der Waals surface area contributed by atoms with Crippen LogP contribution >= 0.6 is 0 Å². The number of furan rings is 1. The van der Waals surface area contributed by atoms with Crippen molar-refractivity contribution in [2.75, 3.05) is 12.0 Å². The fourth-order valence-electron chi connectivity index (χ4n) is 3.20. The predicted molar refractivity (Wildman–Crippen MR) is 113 cm³/mol. The van der Waals surface area contributed by atoms with Crippen molar-refractivity contribution < 1.29 is 32.9 Å². The molecule has 1 aliphatic rings. The molecule has 0 saturated carbocycles. The Morgan fingerprint density at radius 3 is 2.48 bits per heavy atom. The average Bonchev–Trinajstić information content (AvgIpc) is 3.26. The number of barbiturate groups is 1. The molecular formula is C22H14FN3O7. The summed E-state index contributed by atoms with van der Waals surface area (Å²) in [5, 5.41) is 13.2. The molecule has 1 fully saturated rings. The molecule has 166 valence electrons. The fourth-order valence-corrected chi connectivity index (χ4v) is 3.20. The van der Waals surface area contributed by atoms with E-state index >= 15 is 0 Å². The van der Waals surface area contributed by atoms with E-state index < -0.39 is 34.2 Å². The number of nitro benzene ring substituents is 1. The van der Waals surface area contributed by atoms with Crippen molar-refractivity contribution in [2.45, 2.75) is 0 Å². The van der Waals surface area contributed by atoms with Gasteiger partial charge in [-0.25, -0.2) is 14.1 Å². The Kier molecular flexibility index (Phi) is 5.44. The number of non-ortho nitro benzene ring substituents is 1. The highest BCUT2D eigenvalue weighted by molar-refractivity contribution is 6.39. The second-order valence-electron chi connectivity index (χ2n) is 6.78. The van der Waals surface area contributed by atoms with Gasteiger partial charge in [0, 0.05) is 12.1 Å². The molecule has 10 nitrogen and oxygen atoms in total. The van der Waals surface area contributed by atoms with Gasteiger partial charge in [-0.05, 0) is 48.5 Å². The van der Waals surface area contributed by atoms with Gasteiger partial charge >= 0.3 is 6.03 Å². The van der Waals surface area contributed by atoms with Gasteiger partial charge in [-0.2, -0.15) is 0 Å². The molecule has 4 amide bonds. The molecule has 0 bridgehead atoms. The van der Waals surface area contributed by atoms with Gasteiger partial charge in [-0.1, -0.05) is 0 Å². The highest BCUT2D eigenvalue weighted by Gasteiger charge is 2.37. The van der Waals surface area contributed by atoms with Crippen LogP contribution < -0.4 is 15.0 Å². The van der Waals surface area contributed by atoms with Crippen LogP contribution in [0.1, 0.15) is 5.76 Å². The number of amides is 4. The van der Waals surface area contributed by atoms with E-state index in [1.165, 1.54) is 49.6 Å². The third kappa shape index (κ3) is 4.06. The number of benzene rings is 2. The van der Waals surface area contributed by atoms with Gasteiger partial charge in [-0.3, -0.25) is 25.0 Å². The van der Waals surface area contributed by atoms with Crippen LogP contribution in [0.5, 0.6) is 5.75 Å². The van der Waals surface area contributed by atoms with Gasteiger partial charge in [0.15, 0.2) is 0 Å². The summed E-state index contributed by atoms with van der Waals surface area (Å²) in [6, 6.07) is 10.5. The minimum absolute atomic E-state index is 0.0683. The lowest BCUT2D eigenvalue weighted by Gasteiger charge is -2.26. The maximum atomic E-state index is 13.2. The Bertz CT molecular complexity index is 1330. The Balaban J connectivity index is 1.70. The molecule has 1 saturated heterocycles. The molecule has 33 heavy (non-hydrogen) atoms. The average molecular weight is 451 g/mol. The number of nitro groups is 1. The van der Waals surface area contributed by atoms with Gasteiger partial charge in [0.2, 0.25) is 0 Å². The topological polar surface area (TPSA) is 132 Å². The number of halogens is 1. The van der Waals surface area contributed by atoms with E-state index in [-0.39, 0.29) is 22.9 Å². The van der Waals surface area contributed by atoms with Crippen LogP contribution in [0.3, 0.4) is 0 Å². The SMILES string of the molecule is COc1ccc([N+](=O)[O-])cc1-c1ccc(/C=C2\C(=O)NC(=O)N(c3ccc(F)cc3)C2=O)o1. The Morgan fingerprint density at radius 2 is 1.82 bits per heavy atom. The summed E-state index contributed by atoms with van der Waals surface area (Å²) < 4.78 is 24.1. The number of nitrogens with zero attached hydrogens (tertiary/aromatic N) is 2. The number of ether oxygens (including phenoxy) is 1.